The Labute approximate surface area is 140 Å². The van der Waals surface area contributed by atoms with Gasteiger partial charge in [-0.05, 0) is 42.7 Å². The maximum absolute atomic E-state index is 13.1. The molecule has 126 valence electrons. The smallest absolute Gasteiger partial charge is 0.319 e. The zero-order chi connectivity index (χ0) is 16.9. The Balaban J connectivity index is 1.51. The minimum absolute atomic E-state index is 0.351. The number of benzene rings is 1. The first-order valence-electron chi connectivity index (χ1n) is 8.12. The maximum atomic E-state index is 13.1. The summed E-state index contributed by atoms with van der Waals surface area (Å²) in [5, 5.41) is 5.37. The minimum atomic E-state index is -0.379. The van der Waals surface area contributed by atoms with Crippen molar-refractivity contribution in [2.75, 3.05) is 30.4 Å². The minimum Gasteiger partial charge on any atom is -0.359 e. The number of anilines is 2. The highest BCUT2D eigenvalue weighted by molar-refractivity contribution is 5.89. The molecule has 1 aliphatic heterocycles. The van der Waals surface area contributed by atoms with Gasteiger partial charge >= 0.3 is 6.03 Å². The van der Waals surface area contributed by atoms with Crippen LogP contribution in [-0.2, 0) is 12.8 Å². The molecule has 2 amide bonds. The largest absolute Gasteiger partial charge is 0.359 e. The summed E-state index contributed by atoms with van der Waals surface area (Å²) in [6.07, 6.45) is 2.88. The number of nitrogens with zero attached hydrogens (tertiary/aromatic N) is 2. The standard InChI is InChI=1S/C18H21FN4O/c1-23-11-3-4-13-7-8-15(21-17(13)23)9-10-20-18(24)22-16-6-2-5-14(19)12-16/h2,5-8,12H,3-4,9-11H2,1H3,(H2,20,22,24). The number of urea groups is 1. The van der Waals surface area contributed by atoms with Gasteiger partial charge in [0.2, 0.25) is 0 Å². The molecular weight excluding hydrogens is 307 g/mol. The van der Waals surface area contributed by atoms with E-state index in [-0.39, 0.29) is 11.8 Å². The molecule has 0 aliphatic carbocycles. The van der Waals surface area contributed by atoms with Gasteiger partial charge in [0, 0.05) is 37.9 Å². The van der Waals surface area contributed by atoms with Gasteiger partial charge in [0.25, 0.3) is 0 Å². The zero-order valence-corrected chi connectivity index (χ0v) is 13.7. The van der Waals surface area contributed by atoms with Crippen LogP contribution in [-0.4, -0.2) is 31.2 Å². The Morgan fingerprint density at radius 3 is 3.04 bits per heavy atom. The van der Waals surface area contributed by atoms with E-state index in [9.17, 15) is 9.18 Å². The molecule has 0 bridgehead atoms. The van der Waals surface area contributed by atoms with Crippen molar-refractivity contribution >= 4 is 17.5 Å². The van der Waals surface area contributed by atoms with Gasteiger partial charge in [-0.1, -0.05) is 12.1 Å². The van der Waals surface area contributed by atoms with E-state index < -0.39 is 0 Å². The van der Waals surface area contributed by atoms with Crippen LogP contribution in [0.25, 0.3) is 0 Å². The highest BCUT2D eigenvalue weighted by Crippen LogP contribution is 2.23. The third-order valence-corrected chi connectivity index (χ3v) is 4.06. The van der Waals surface area contributed by atoms with Gasteiger partial charge in [-0.15, -0.1) is 0 Å². The lowest BCUT2D eigenvalue weighted by Crippen LogP contribution is -2.31. The van der Waals surface area contributed by atoms with Crippen molar-refractivity contribution < 1.29 is 9.18 Å². The number of hydrogen-bond donors (Lipinski definition) is 2. The molecule has 2 N–H and O–H groups in total. The number of fused-ring (bicyclic) bond motifs is 1. The summed E-state index contributed by atoms with van der Waals surface area (Å²) in [5.74, 6) is 0.665. The van der Waals surface area contributed by atoms with Gasteiger partial charge in [-0.25, -0.2) is 14.2 Å². The molecule has 6 heteroatoms. The Morgan fingerprint density at radius 1 is 1.33 bits per heavy atom. The SMILES string of the molecule is CN1CCCc2ccc(CCNC(=O)Nc3cccc(F)c3)nc21. The summed E-state index contributed by atoms with van der Waals surface area (Å²) >= 11 is 0. The monoisotopic (exact) mass is 328 g/mol. The van der Waals surface area contributed by atoms with Crippen molar-refractivity contribution in [3.05, 3.63) is 53.5 Å². The molecule has 2 heterocycles. The number of carbonyl (C=O) groups is 1. The number of amides is 2. The van der Waals surface area contributed by atoms with E-state index in [2.05, 4.69) is 28.6 Å². The number of pyridine rings is 1. The molecule has 1 aromatic heterocycles. The fraction of sp³-hybridized carbons (Fsp3) is 0.333. The number of carbonyl (C=O) groups excluding carboxylic acids is 1. The van der Waals surface area contributed by atoms with Crippen molar-refractivity contribution in [2.45, 2.75) is 19.3 Å². The number of aryl methyl sites for hydroxylation is 1. The highest BCUT2D eigenvalue weighted by Gasteiger charge is 2.15. The Morgan fingerprint density at radius 2 is 2.21 bits per heavy atom. The van der Waals surface area contributed by atoms with Crippen LogP contribution in [0.2, 0.25) is 0 Å². The molecule has 5 nitrogen and oxygen atoms in total. The first-order chi connectivity index (χ1) is 11.6. The quantitative estimate of drug-likeness (QED) is 0.907. The summed E-state index contributed by atoms with van der Waals surface area (Å²) in [7, 11) is 2.06. The van der Waals surface area contributed by atoms with E-state index in [0.717, 1.165) is 30.9 Å². The molecule has 3 rings (SSSR count). The predicted octanol–water partition coefficient (Wildman–Crippen LogP) is 2.97. The third kappa shape index (κ3) is 4.01. The lowest BCUT2D eigenvalue weighted by atomic mass is 10.1. The molecule has 24 heavy (non-hydrogen) atoms. The van der Waals surface area contributed by atoms with Gasteiger partial charge in [0.1, 0.15) is 11.6 Å². The maximum Gasteiger partial charge on any atom is 0.319 e. The number of halogens is 1. The van der Waals surface area contributed by atoms with Crippen LogP contribution in [0, 0.1) is 5.82 Å². The van der Waals surface area contributed by atoms with Crippen LogP contribution >= 0.6 is 0 Å². The average Bonchev–Trinajstić information content (AvgIpc) is 2.55. The molecular formula is C18H21FN4O. The van der Waals surface area contributed by atoms with Crippen LogP contribution in [0.3, 0.4) is 0 Å². The Kier molecular flexibility index (Phi) is 4.93. The second-order valence-corrected chi connectivity index (χ2v) is 5.95. The van der Waals surface area contributed by atoms with Crippen LogP contribution in [0.15, 0.2) is 36.4 Å². The van der Waals surface area contributed by atoms with Crippen LogP contribution < -0.4 is 15.5 Å². The molecule has 0 saturated carbocycles. The molecule has 0 spiro atoms. The fourth-order valence-corrected chi connectivity index (χ4v) is 2.84. The first-order valence-corrected chi connectivity index (χ1v) is 8.12. The lowest BCUT2D eigenvalue weighted by Gasteiger charge is -2.26. The molecule has 0 fully saturated rings. The highest BCUT2D eigenvalue weighted by atomic mass is 19.1. The zero-order valence-electron chi connectivity index (χ0n) is 13.7. The molecule has 1 aliphatic rings. The normalized spacial score (nSPS) is 13.3. The van der Waals surface area contributed by atoms with E-state index >= 15 is 0 Å². The topological polar surface area (TPSA) is 57.3 Å². The van der Waals surface area contributed by atoms with E-state index in [0.29, 0.717) is 18.7 Å². The summed E-state index contributed by atoms with van der Waals surface area (Å²) < 4.78 is 13.1. The lowest BCUT2D eigenvalue weighted by molar-refractivity contribution is 0.252. The van der Waals surface area contributed by atoms with Crippen molar-refractivity contribution in [2.24, 2.45) is 0 Å². The molecule has 0 atom stereocenters. The summed E-state index contributed by atoms with van der Waals surface area (Å²) in [5.41, 5.74) is 2.67. The second kappa shape index (κ2) is 7.29. The van der Waals surface area contributed by atoms with Crippen molar-refractivity contribution in [3.63, 3.8) is 0 Å². The van der Waals surface area contributed by atoms with Gasteiger partial charge in [0.15, 0.2) is 0 Å². The van der Waals surface area contributed by atoms with Crippen LogP contribution in [0.5, 0.6) is 0 Å². The van der Waals surface area contributed by atoms with Crippen LogP contribution in [0.1, 0.15) is 17.7 Å². The molecule has 0 saturated heterocycles. The molecule has 1 aromatic carbocycles. The predicted molar refractivity (Wildman–Crippen MR) is 93.0 cm³/mol. The van der Waals surface area contributed by atoms with E-state index in [1.165, 1.54) is 17.7 Å². The van der Waals surface area contributed by atoms with Crippen molar-refractivity contribution in [3.8, 4) is 0 Å². The summed E-state index contributed by atoms with van der Waals surface area (Å²) in [4.78, 5) is 18.7. The number of aromatic nitrogens is 1. The first kappa shape index (κ1) is 16.2. The Hall–Kier alpha value is -2.63. The van der Waals surface area contributed by atoms with Gasteiger partial charge in [-0.3, -0.25) is 0 Å². The average molecular weight is 328 g/mol. The number of rotatable bonds is 4. The third-order valence-electron chi connectivity index (χ3n) is 4.06. The molecule has 2 aromatic rings. The Bertz CT molecular complexity index is 735. The summed E-state index contributed by atoms with van der Waals surface area (Å²) in [6.45, 7) is 1.49. The summed E-state index contributed by atoms with van der Waals surface area (Å²) in [6, 6.07) is 9.60. The van der Waals surface area contributed by atoms with E-state index in [4.69, 9.17) is 4.98 Å². The second-order valence-electron chi connectivity index (χ2n) is 5.95. The van der Waals surface area contributed by atoms with Crippen LogP contribution in [0.4, 0.5) is 20.7 Å². The van der Waals surface area contributed by atoms with E-state index in [1.807, 2.05) is 6.07 Å². The van der Waals surface area contributed by atoms with Gasteiger partial charge in [0.05, 0.1) is 0 Å². The number of nitrogens with one attached hydrogen (secondary N) is 2. The fourth-order valence-electron chi connectivity index (χ4n) is 2.84. The van der Waals surface area contributed by atoms with Crippen molar-refractivity contribution in [1.82, 2.24) is 10.3 Å². The number of hydrogen-bond acceptors (Lipinski definition) is 3. The van der Waals surface area contributed by atoms with Gasteiger partial charge < -0.3 is 15.5 Å². The molecule has 0 radical (unpaired) electrons. The molecule has 0 unspecified atom stereocenters. The van der Waals surface area contributed by atoms with Gasteiger partial charge in [-0.2, -0.15) is 0 Å². The van der Waals surface area contributed by atoms with E-state index in [1.54, 1.807) is 12.1 Å². The van der Waals surface area contributed by atoms with Crippen molar-refractivity contribution in [1.29, 1.82) is 0 Å².